The van der Waals surface area contributed by atoms with E-state index in [0.717, 1.165) is 5.56 Å². The Balaban J connectivity index is 3.22. The summed E-state index contributed by atoms with van der Waals surface area (Å²) < 4.78 is 0. The van der Waals surface area contributed by atoms with Gasteiger partial charge in [-0.05, 0) is 26.3 Å². The van der Waals surface area contributed by atoms with E-state index >= 15 is 0 Å². The molecule has 1 unspecified atom stereocenters. The summed E-state index contributed by atoms with van der Waals surface area (Å²) in [5.41, 5.74) is 0.731. The molecule has 0 radical (unpaired) electrons. The Labute approximate surface area is 101 Å². The molecular weight excluding hydrogens is 216 g/mol. The highest BCUT2D eigenvalue weighted by Gasteiger charge is 2.35. The van der Waals surface area contributed by atoms with Crippen LogP contribution < -0.4 is 0 Å². The van der Waals surface area contributed by atoms with Gasteiger partial charge in [-0.25, -0.2) is 0 Å². The third kappa shape index (κ3) is 2.87. The van der Waals surface area contributed by atoms with Crippen LogP contribution in [-0.2, 0) is 19.8 Å². The largest absolute Gasteiger partial charge is 0.300 e. The lowest BCUT2D eigenvalue weighted by atomic mass is 9.75. The summed E-state index contributed by atoms with van der Waals surface area (Å²) in [6, 6.07) is 7.32. The summed E-state index contributed by atoms with van der Waals surface area (Å²) in [6.45, 7) is 4.99. The van der Waals surface area contributed by atoms with Gasteiger partial charge in [-0.15, -0.1) is 0 Å². The topological polar surface area (TPSA) is 51.2 Å². The van der Waals surface area contributed by atoms with Crippen LogP contribution in [0.1, 0.15) is 31.4 Å². The number of rotatable bonds is 5. The molecule has 1 aromatic rings. The molecule has 0 aromatic heterocycles. The Kier molecular flexibility index (Phi) is 3.94. The lowest BCUT2D eigenvalue weighted by molar-refractivity contribution is -0.135. The van der Waals surface area contributed by atoms with Crippen molar-refractivity contribution in [1.29, 1.82) is 0 Å². The van der Waals surface area contributed by atoms with E-state index in [2.05, 4.69) is 0 Å². The van der Waals surface area contributed by atoms with Gasteiger partial charge in [-0.2, -0.15) is 0 Å². The molecule has 0 saturated carbocycles. The monoisotopic (exact) mass is 232 g/mol. The first kappa shape index (κ1) is 13.3. The van der Waals surface area contributed by atoms with E-state index in [1.807, 2.05) is 19.1 Å². The molecule has 0 aliphatic heterocycles. The first-order valence-corrected chi connectivity index (χ1v) is 5.46. The molecule has 90 valence electrons. The van der Waals surface area contributed by atoms with Crippen molar-refractivity contribution in [1.82, 2.24) is 0 Å². The van der Waals surface area contributed by atoms with Crippen LogP contribution >= 0.6 is 0 Å². The number of ketones is 2. The Morgan fingerprint density at radius 3 is 2.18 bits per heavy atom. The van der Waals surface area contributed by atoms with Gasteiger partial charge >= 0.3 is 0 Å². The van der Waals surface area contributed by atoms with Crippen molar-refractivity contribution >= 4 is 17.9 Å². The molecule has 0 amide bonds. The van der Waals surface area contributed by atoms with Crippen molar-refractivity contribution in [3.63, 3.8) is 0 Å². The van der Waals surface area contributed by atoms with Gasteiger partial charge in [0.05, 0.1) is 5.41 Å². The molecule has 3 heteroatoms. The first-order valence-electron chi connectivity index (χ1n) is 5.46. The highest BCUT2D eigenvalue weighted by molar-refractivity contribution is 6.30. The third-order valence-corrected chi connectivity index (χ3v) is 2.94. The standard InChI is InChI=1S/C14H16O3/c1-10-4-6-12(7-5-10)14(3,8-11(2)16)13(17)9-15/h4-7,9H,8H2,1-3H3. The van der Waals surface area contributed by atoms with Crippen molar-refractivity contribution in [2.24, 2.45) is 0 Å². The van der Waals surface area contributed by atoms with Crippen LogP contribution in [0.5, 0.6) is 0 Å². The summed E-state index contributed by atoms with van der Waals surface area (Å²) in [5, 5.41) is 0. The van der Waals surface area contributed by atoms with Gasteiger partial charge in [0.1, 0.15) is 5.78 Å². The minimum Gasteiger partial charge on any atom is -0.300 e. The molecular formula is C14H16O3. The summed E-state index contributed by atoms with van der Waals surface area (Å²) in [6.07, 6.45) is 0.344. The SMILES string of the molecule is CC(=O)CC(C)(C(=O)C=O)c1ccc(C)cc1. The van der Waals surface area contributed by atoms with Gasteiger partial charge in [-0.3, -0.25) is 14.4 Å². The lowest BCUT2D eigenvalue weighted by Gasteiger charge is -2.25. The van der Waals surface area contributed by atoms with Crippen LogP contribution in [0.25, 0.3) is 0 Å². The maximum absolute atomic E-state index is 11.7. The number of hydrogen-bond acceptors (Lipinski definition) is 3. The molecule has 0 aliphatic carbocycles. The van der Waals surface area contributed by atoms with Crippen LogP contribution in [0.2, 0.25) is 0 Å². The number of carbonyl (C=O) groups is 3. The second kappa shape index (κ2) is 5.04. The van der Waals surface area contributed by atoms with Crippen LogP contribution in [0.15, 0.2) is 24.3 Å². The van der Waals surface area contributed by atoms with E-state index in [0.29, 0.717) is 11.8 Å². The number of aldehydes is 1. The summed E-state index contributed by atoms with van der Waals surface area (Å²) in [5.74, 6) is -0.667. The lowest BCUT2D eigenvalue weighted by Crippen LogP contribution is -2.35. The quantitative estimate of drug-likeness (QED) is 0.576. The zero-order chi connectivity index (χ0) is 13.1. The molecule has 0 fully saturated rings. The molecule has 0 heterocycles. The van der Waals surface area contributed by atoms with E-state index < -0.39 is 11.2 Å². The van der Waals surface area contributed by atoms with Crippen LogP contribution in [0, 0.1) is 6.92 Å². The Morgan fingerprint density at radius 2 is 1.76 bits per heavy atom. The zero-order valence-corrected chi connectivity index (χ0v) is 10.3. The van der Waals surface area contributed by atoms with Gasteiger partial charge in [0, 0.05) is 6.42 Å². The maximum atomic E-state index is 11.7. The van der Waals surface area contributed by atoms with E-state index in [9.17, 15) is 14.4 Å². The fourth-order valence-corrected chi connectivity index (χ4v) is 1.88. The molecule has 3 nitrogen and oxygen atoms in total. The zero-order valence-electron chi connectivity index (χ0n) is 10.3. The summed E-state index contributed by atoms with van der Waals surface area (Å²) in [7, 11) is 0. The highest BCUT2D eigenvalue weighted by Crippen LogP contribution is 2.28. The maximum Gasteiger partial charge on any atom is 0.205 e. The van der Waals surface area contributed by atoms with E-state index in [-0.39, 0.29) is 12.2 Å². The second-order valence-electron chi connectivity index (χ2n) is 4.56. The molecule has 0 aliphatic rings. The number of carbonyl (C=O) groups excluding carboxylic acids is 3. The molecule has 0 saturated heterocycles. The minimum atomic E-state index is -1.04. The fraction of sp³-hybridized carbons (Fsp3) is 0.357. The fourth-order valence-electron chi connectivity index (χ4n) is 1.88. The van der Waals surface area contributed by atoms with Crippen LogP contribution in [-0.4, -0.2) is 17.9 Å². The van der Waals surface area contributed by atoms with Crippen molar-refractivity contribution in [2.75, 3.05) is 0 Å². The predicted molar refractivity (Wildman–Crippen MR) is 64.9 cm³/mol. The molecule has 17 heavy (non-hydrogen) atoms. The third-order valence-electron chi connectivity index (χ3n) is 2.94. The molecule has 0 N–H and O–H groups in total. The van der Waals surface area contributed by atoms with Crippen LogP contribution in [0.4, 0.5) is 0 Å². The van der Waals surface area contributed by atoms with Gasteiger partial charge < -0.3 is 0 Å². The first-order chi connectivity index (χ1) is 7.90. The smallest absolute Gasteiger partial charge is 0.205 e. The predicted octanol–water partition coefficient (Wildman–Crippen LogP) is 2.00. The number of Topliss-reactive ketones (excluding diaryl/α,β-unsaturated/α-hetero) is 2. The van der Waals surface area contributed by atoms with Crippen molar-refractivity contribution in [3.05, 3.63) is 35.4 Å². The summed E-state index contributed by atoms with van der Waals surface area (Å²) >= 11 is 0. The molecule has 0 bridgehead atoms. The summed E-state index contributed by atoms with van der Waals surface area (Å²) in [4.78, 5) is 33.7. The van der Waals surface area contributed by atoms with E-state index in [1.165, 1.54) is 6.92 Å². The number of benzene rings is 1. The van der Waals surface area contributed by atoms with Gasteiger partial charge in [-0.1, -0.05) is 29.8 Å². The second-order valence-corrected chi connectivity index (χ2v) is 4.56. The van der Waals surface area contributed by atoms with Crippen molar-refractivity contribution < 1.29 is 14.4 Å². The molecule has 1 aromatic carbocycles. The van der Waals surface area contributed by atoms with Crippen molar-refractivity contribution in [2.45, 2.75) is 32.6 Å². The van der Waals surface area contributed by atoms with E-state index in [1.54, 1.807) is 19.1 Å². The average Bonchev–Trinajstić information content (AvgIpc) is 2.27. The Hall–Kier alpha value is -1.77. The van der Waals surface area contributed by atoms with Gasteiger partial charge in [0.25, 0.3) is 0 Å². The Bertz CT molecular complexity index is 445. The highest BCUT2D eigenvalue weighted by atomic mass is 16.2. The molecule has 1 atom stereocenters. The normalized spacial score (nSPS) is 13.8. The van der Waals surface area contributed by atoms with Gasteiger partial charge in [0.2, 0.25) is 5.78 Å². The van der Waals surface area contributed by atoms with Crippen LogP contribution in [0.3, 0.4) is 0 Å². The average molecular weight is 232 g/mol. The van der Waals surface area contributed by atoms with Gasteiger partial charge in [0.15, 0.2) is 6.29 Å². The number of aryl methyl sites for hydroxylation is 1. The van der Waals surface area contributed by atoms with Crippen molar-refractivity contribution in [3.8, 4) is 0 Å². The number of hydrogen-bond donors (Lipinski definition) is 0. The molecule has 0 spiro atoms. The Morgan fingerprint density at radius 1 is 1.24 bits per heavy atom. The van der Waals surface area contributed by atoms with E-state index in [4.69, 9.17) is 0 Å². The molecule has 1 rings (SSSR count). The minimum absolute atomic E-state index is 0.0492.